The first kappa shape index (κ1) is 10.5. The highest BCUT2D eigenvalue weighted by atomic mass is 127. The zero-order valence-corrected chi connectivity index (χ0v) is 8.74. The normalized spacial score (nSPS) is 12.7. The Kier molecular flexibility index (Phi) is 6.55. The van der Waals surface area contributed by atoms with Crippen LogP contribution in [0.15, 0.2) is 0 Å². The largest absolute Gasteiger partial charge is 0.320 e. The Morgan fingerprint density at radius 1 is 1.90 bits per heavy atom. The molecule has 0 aliphatic rings. The van der Waals surface area contributed by atoms with E-state index in [-0.39, 0.29) is 11.9 Å². The third-order valence-corrected chi connectivity index (χ3v) is 2.24. The number of amides is 1. The van der Waals surface area contributed by atoms with Crippen molar-refractivity contribution < 1.29 is 4.79 Å². The molecule has 0 aromatic carbocycles. The third-order valence-electron chi connectivity index (χ3n) is 1.06. The van der Waals surface area contributed by atoms with Crippen LogP contribution < -0.4 is 9.26 Å². The van der Waals surface area contributed by atoms with Gasteiger partial charge in [0, 0.05) is 0 Å². The second-order valence-corrected chi connectivity index (χ2v) is 3.37. The van der Waals surface area contributed by atoms with Gasteiger partial charge in [-0.15, -0.1) is 0 Å². The molecule has 0 aromatic heterocycles. The molecule has 1 atom stereocenters. The highest BCUT2D eigenvalue weighted by Gasteiger charge is 2.09. The number of carbonyl (C=O) groups excluding carboxylic acids is 1. The highest BCUT2D eigenvalue weighted by molar-refractivity contribution is 14.1. The molecular formula is C5H11IN2OS. The molecule has 0 saturated carbocycles. The van der Waals surface area contributed by atoms with E-state index >= 15 is 0 Å². The smallest absolute Gasteiger partial charge is 0.245 e. The van der Waals surface area contributed by atoms with Crippen LogP contribution in [0.1, 0.15) is 6.42 Å². The van der Waals surface area contributed by atoms with E-state index in [0.717, 1.165) is 12.2 Å². The Hall–Kier alpha value is 0.510. The van der Waals surface area contributed by atoms with Crippen LogP contribution >= 0.6 is 34.6 Å². The molecule has 0 spiro atoms. The van der Waals surface area contributed by atoms with Gasteiger partial charge in [-0.2, -0.15) is 11.8 Å². The molecule has 0 saturated heterocycles. The maximum absolute atomic E-state index is 10.8. The molecule has 0 aliphatic carbocycles. The molecule has 0 radical (unpaired) electrons. The fourth-order valence-corrected chi connectivity index (χ4v) is 1.34. The van der Waals surface area contributed by atoms with Crippen molar-refractivity contribution in [2.75, 3.05) is 12.0 Å². The van der Waals surface area contributed by atoms with E-state index in [1.165, 1.54) is 0 Å². The van der Waals surface area contributed by atoms with Crippen molar-refractivity contribution in [3.63, 3.8) is 0 Å². The minimum atomic E-state index is -0.343. The van der Waals surface area contributed by atoms with Gasteiger partial charge in [0.15, 0.2) is 0 Å². The van der Waals surface area contributed by atoms with Gasteiger partial charge in [-0.05, 0) is 18.4 Å². The van der Waals surface area contributed by atoms with Crippen LogP contribution in [0.2, 0.25) is 0 Å². The molecular weight excluding hydrogens is 263 g/mol. The molecule has 3 nitrogen and oxygen atoms in total. The van der Waals surface area contributed by atoms with Crippen molar-refractivity contribution in [2.45, 2.75) is 12.5 Å². The number of halogens is 1. The molecule has 60 valence electrons. The predicted octanol–water partition coefficient (Wildman–Crippen LogP) is 0.533. The molecule has 0 aliphatic heterocycles. The molecule has 0 bridgehead atoms. The van der Waals surface area contributed by atoms with Crippen molar-refractivity contribution in [1.29, 1.82) is 0 Å². The van der Waals surface area contributed by atoms with Crippen LogP contribution in [0, 0.1) is 0 Å². The van der Waals surface area contributed by atoms with E-state index in [1.54, 1.807) is 34.6 Å². The second kappa shape index (κ2) is 6.23. The lowest BCUT2D eigenvalue weighted by molar-refractivity contribution is -0.120. The number of hydrogen-bond acceptors (Lipinski definition) is 3. The van der Waals surface area contributed by atoms with Gasteiger partial charge in [0.1, 0.15) is 0 Å². The Morgan fingerprint density at radius 2 is 2.50 bits per heavy atom. The number of nitrogens with two attached hydrogens (primary N) is 1. The van der Waals surface area contributed by atoms with Gasteiger partial charge < -0.3 is 5.73 Å². The van der Waals surface area contributed by atoms with Crippen LogP contribution in [-0.2, 0) is 4.79 Å². The van der Waals surface area contributed by atoms with E-state index in [2.05, 4.69) is 3.53 Å². The molecule has 3 N–H and O–H groups in total. The number of thioether (sulfide) groups is 1. The zero-order valence-electron chi connectivity index (χ0n) is 5.76. The monoisotopic (exact) mass is 274 g/mol. The SMILES string of the molecule is CSCCC(N)C(=O)NI. The standard InChI is InChI=1S/C5H11IN2OS/c1-10-3-2-4(7)5(9)8-6/h4H,2-3,7H2,1H3,(H,8,9). The van der Waals surface area contributed by atoms with Crippen LogP contribution in [0.3, 0.4) is 0 Å². The predicted molar refractivity (Wildman–Crippen MR) is 53.1 cm³/mol. The van der Waals surface area contributed by atoms with Crippen LogP contribution in [0.25, 0.3) is 0 Å². The fourth-order valence-electron chi connectivity index (χ4n) is 0.446. The molecule has 0 heterocycles. The molecule has 1 amide bonds. The lowest BCUT2D eigenvalue weighted by atomic mass is 10.2. The number of carbonyl (C=O) groups is 1. The van der Waals surface area contributed by atoms with E-state index in [1.807, 2.05) is 6.26 Å². The summed E-state index contributed by atoms with van der Waals surface area (Å²) in [5, 5.41) is 0. The Morgan fingerprint density at radius 3 is 2.90 bits per heavy atom. The van der Waals surface area contributed by atoms with Crippen LogP contribution in [-0.4, -0.2) is 24.0 Å². The Labute approximate surface area is 79.0 Å². The highest BCUT2D eigenvalue weighted by Crippen LogP contribution is 1.98. The minimum absolute atomic E-state index is 0.0883. The third kappa shape index (κ3) is 4.35. The topological polar surface area (TPSA) is 55.1 Å². The summed E-state index contributed by atoms with van der Waals surface area (Å²) in [5.74, 6) is 0.847. The number of rotatable bonds is 4. The van der Waals surface area contributed by atoms with Crippen LogP contribution in [0.5, 0.6) is 0 Å². The summed E-state index contributed by atoms with van der Waals surface area (Å²) < 4.78 is 2.47. The first-order chi connectivity index (χ1) is 4.72. The van der Waals surface area contributed by atoms with Crippen molar-refractivity contribution >= 4 is 40.5 Å². The van der Waals surface area contributed by atoms with Crippen LogP contribution in [0.4, 0.5) is 0 Å². The summed E-state index contributed by atoms with van der Waals surface area (Å²) in [5.41, 5.74) is 5.48. The maximum atomic E-state index is 10.8. The summed E-state index contributed by atoms with van der Waals surface area (Å²) in [6.07, 6.45) is 2.74. The summed E-state index contributed by atoms with van der Waals surface area (Å²) in [7, 11) is 0. The van der Waals surface area contributed by atoms with Gasteiger partial charge in [-0.1, -0.05) is 0 Å². The molecule has 10 heavy (non-hydrogen) atoms. The average Bonchev–Trinajstić information content (AvgIpc) is 1.98. The molecule has 5 heteroatoms. The maximum Gasteiger partial charge on any atom is 0.245 e. The summed E-state index contributed by atoms with van der Waals surface area (Å²) in [6.45, 7) is 0. The van der Waals surface area contributed by atoms with E-state index in [0.29, 0.717) is 0 Å². The van der Waals surface area contributed by atoms with Gasteiger partial charge >= 0.3 is 0 Å². The van der Waals surface area contributed by atoms with E-state index in [4.69, 9.17) is 5.73 Å². The minimum Gasteiger partial charge on any atom is -0.320 e. The van der Waals surface area contributed by atoms with E-state index < -0.39 is 0 Å². The Balaban J connectivity index is 3.41. The van der Waals surface area contributed by atoms with Gasteiger partial charge in [0.25, 0.3) is 0 Å². The fraction of sp³-hybridized carbons (Fsp3) is 0.800. The lowest BCUT2D eigenvalue weighted by Crippen LogP contribution is -2.36. The first-order valence-corrected chi connectivity index (χ1v) is 5.34. The number of hydrogen-bond donors (Lipinski definition) is 2. The van der Waals surface area contributed by atoms with Gasteiger partial charge in [-0.3, -0.25) is 8.32 Å². The van der Waals surface area contributed by atoms with Crippen molar-refractivity contribution in [3.05, 3.63) is 0 Å². The van der Waals surface area contributed by atoms with Crippen molar-refractivity contribution in [1.82, 2.24) is 3.53 Å². The zero-order chi connectivity index (χ0) is 7.98. The quantitative estimate of drug-likeness (QED) is 0.581. The molecule has 1 unspecified atom stereocenters. The summed E-state index contributed by atoms with van der Waals surface area (Å²) in [4.78, 5) is 10.8. The first-order valence-electron chi connectivity index (χ1n) is 2.87. The lowest BCUT2D eigenvalue weighted by Gasteiger charge is -2.06. The molecule has 0 aromatic rings. The van der Waals surface area contributed by atoms with Gasteiger partial charge in [0.2, 0.25) is 5.91 Å². The van der Waals surface area contributed by atoms with E-state index in [9.17, 15) is 4.79 Å². The van der Waals surface area contributed by atoms with Crippen molar-refractivity contribution in [2.24, 2.45) is 5.73 Å². The van der Waals surface area contributed by atoms with Gasteiger partial charge in [-0.25, -0.2) is 0 Å². The average molecular weight is 274 g/mol. The molecule has 0 fully saturated rings. The summed E-state index contributed by atoms with van der Waals surface area (Å²) in [6, 6.07) is -0.343. The second-order valence-electron chi connectivity index (χ2n) is 1.85. The number of nitrogens with one attached hydrogen (secondary N) is 1. The van der Waals surface area contributed by atoms with Gasteiger partial charge in [0.05, 0.1) is 28.9 Å². The summed E-state index contributed by atoms with van der Waals surface area (Å²) >= 11 is 3.49. The molecule has 0 rings (SSSR count). The Bertz CT molecular complexity index is 112. The van der Waals surface area contributed by atoms with Crippen molar-refractivity contribution in [3.8, 4) is 0 Å².